The van der Waals surface area contributed by atoms with Crippen LogP contribution in [-0.4, -0.2) is 22.6 Å². The Labute approximate surface area is 143 Å². The van der Waals surface area contributed by atoms with E-state index in [4.69, 9.17) is 4.74 Å². The molecule has 4 nitrogen and oxygen atoms in total. The fourth-order valence-electron chi connectivity index (χ4n) is 2.54. The number of hydrogen-bond donors (Lipinski definition) is 2. The topological polar surface area (TPSA) is 62.0 Å². The normalized spacial score (nSPS) is 11.5. The van der Waals surface area contributed by atoms with E-state index in [0.29, 0.717) is 30.1 Å². The average molecular weight is 327 g/mol. The lowest BCUT2D eigenvalue weighted by molar-refractivity contribution is 0.303. The molecule has 0 aromatic heterocycles. The molecule has 4 heteroatoms. The summed E-state index contributed by atoms with van der Waals surface area (Å²) >= 11 is 0. The first-order valence-corrected chi connectivity index (χ1v) is 8.45. The number of phenols is 1. The van der Waals surface area contributed by atoms with Crippen LogP contribution in [0.4, 0.5) is 0 Å². The van der Waals surface area contributed by atoms with E-state index in [-0.39, 0.29) is 5.75 Å². The largest absolute Gasteiger partial charge is 0.507 e. The quantitative estimate of drug-likeness (QED) is 0.302. The van der Waals surface area contributed by atoms with E-state index in [1.807, 2.05) is 30.3 Å². The number of hydrogen-bond acceptors (Lipinski definition) is 4. The summed E-state index contributed by atoms with van der Waals surface area (Å²) in [5.74, 6) is 0.689. The lowest BCUT2D eigenvalue weighted by atomic mass is 10.0. The van der Waals surface area contributed by atoms with Gasteiger partial charge in [0.25, 0.3) is 0 Å². The summed E-state index contributed by atoms with van der Waals surface area (Å²) in [5, 5.41) is 22.9. The number of unbranched alkanes of at least 4 members (excludes halogenated alkanes) is 3. The van der Waals surface area contributed by atoms with Gasteiger partial charge in [-0.15, -0.1) is 0 Å². The van der Waals surface area contributed by atoms with Crippen LogP contribution in [0.5, 0.6) is 11.5 Å². The minimum atomic E-state index is 0.0600. The number of nitrogens with zero attached hydrogens (tertiary/aromatic N) is 1. The molecule has 0 aliphatic rings. The Morgan fingerprint density at radius 3 is 2.50 bits per heavy atom. The fourth-order valence-corrected chi connectivity index (χ4v) is 2.54. The van der Waals surface area contributed by atoms with Crippen LogP contribution in [0.25, 0.3) is 0 Å². The molecule has 0 heterocycles. The molecule has 0 fully saturated rings. The zero-order valence-electron chi connectivity index (χ0n) is 14.1. The van der Waals surface area contributed by atoms with Crippen molar-refractivity contribution in [2.75, 3.05) is 6.61 Å². The molecule has 2 N–H and O–H groups in total. The minimum Gasteiger partial charge on any atom is -0.507 e. The van der Waals surface area contributed by atoms with Crippen molar-refractivity contribution in [3.8, 4) is 11.5 Å². The number of oxime groups is 1. The fraction of sp³-hybridized carbons (Fsp3) is 0.350. The standard InChI is InChI=1S/C20H25NO3/c1-2-3-4-8-13-24-17-11-12-18(20(22)15-17)19(21-23)14-16-9-6-5-7-10-16/h5-7,9-12,15,22-23H,2-4,8,13-14H2,1H3. The molecular weight excluding hydrogens is 302 g/mol. The lowest BCUT2D eigenvalue weighted by Gasteiger charge is -2.10. The molecule has 2 aromatic rings. The van der Waals surface area contributed by atoms with Gasteiger partial charge < -0.3 is 15.1 Å². The van der Waals surface area contributed by atoms with Gasteiger partial charge in [-0.2, -0.15) is 0 Å². The number of rotatable bonds is 9. The molecule has 0 aliphatic heterocycles. The second kappa shape index (κ2) is 9.60. The highest BCUT2D eigenvalue weighted by molar-refractivity contribution is 6.03. The molecule has 2 aromatic carbocycles. The van der Waals surface area contributed by atoms with Gasteiger partial charge in [0.2, 0.25) is 0 Å². The average Bonchev–Trinajstić information content (AvgIpc) is 2.61. The van der Waals surface area contributed by atoms with Crippen LogP contribution in [0.1, 0.15) is 43.7 Å². The van der Waals surface area contributed by atoms with Gasteiger partial charge in [-0.3, -0.25) is 0 Å². The summed E-state index contributed by atoms with van der Waals surface area (Å²) < 4.78 is 5.66. The van der Waals surface area contributed by atoms with E-state index in [2.05, 4.69) is 12.1 Å². The molecule has 24 heavy (non-hydrogen) atoms. The first kappa shape index (κ1) is 17.9. The maximum absolute atomic E-state index is 10.2. The summed E-state index contributed by atoms with van der Waals surface area (Å²) in [6.45, 7) is 2.82. The van der Waals surface area contributed by atoms with Gasteiger partial charge in [0.15, 0.2) is 0 Å². The smallest absolute Gasteiger partial charge is 0.128 e. The van der Waals surface area contributed by atoms with Crippen molar-refractivity contribution in [2.24, 2.45) is 5.16 Å². The summed E-state index contributed by atoms with van der Waals surface area (Å²) in [6.07, 6.45) is 5.01. The maximum atomic E-state index is 10.2. The van der Waals surface area contributed by atoms with Crippen molar-refractivity contribution >= 4 is 5.71 Å². The molecule has 0 radical (unpaired) electrons. The van der Waals surface area contributed by atoms with Crippen molar-refractivity contribution in [3.05, 3.63) is 59.7 Å². The maximum Gasteiger partial charge on any atom is 0.128 e. The Morgan fingerprint density at radius 1 is 1.04 bits per heavy atom. The number of benzene rings is 2. The molecule has 0 aliphatic carbocycles. The van der Waals surface area contributed by atoms with E-state index >= 15 is 0 Å². The highest BCUT2D eigenvalue weighted by Crippen LogP contribution is 2.25. The third-order valence-electron chi connectivity index (χ3n) is 3.88. The summed E-state index contributed by atoms with van der Waals surface area (Å²) in [7, 11) is 0. The third-order valence-corrected chi connectivity index (χ3v) is 3.88. The zero-order valence-corrected chi connectivity index (χ0v) is 14.1. The first-order chi connectivity index (χ1) is 11.7. The van der Waals surface area contributed by atoms with Gasteiger partial charge in [-0.25, -0.2) is 0 Å². The van der Waals surface area contributed by atoms with Gasteiger partial charge in [0, 0.05) is 18.1 Å². The van der Waals surface area contributed by atoms with E-state index < -0.39 is 0 Å². The summed E-state index contributed by atoms with van der Waals surface area (Å²) in [5.41, 5.74) is 1.95. The molecule has 128 valence electrons. The first-order valence-electron chi connectivity index (χ1n) is 8.45. The van der Waals surface area contributed by atoms with E-state index in [9.17, 15) is 10.3 Å². The van der Waals surface area contributed by atoms with Crippen LogP contribution in [0.3, 0.4) is 0 Å². The van der Waals surface area contributed by atoms with Gasteiger partial charge >= 0.3 is 0 Å². The van der Waals surface area contributed by atoms with Crippen molar-refractivity contribution in [1.29, 1.82) is 0 Å². The highest BCUT2D eigenvalue weighted by atomic mass is 16.5. The molecule has 0 amide bonds. The van der Waals surface area contributed by atoms with Crippen molar-refractivity contribution in [1.82, 2.24) is 0 Å². The molecular formula is C20H25NO3. The molecule has 0 unspecified atom stereocenters. The van der Waals surface area contributed by atoms with Crippen LogP contribution in [-0.2, 0) is 6.42 Å². The second-order valence-electron chi connectivity index (χ2n) is 5.80. The summed E-state index contributed by atoms with van der Waals surface area (Å²) in [4.78, 5) is 0. The Balaban J connectivity index is 2.00. The zero-order chi connectivity index (χ0) is 17.2. The molecule has 0 atom stereocenters. The predicted molar refractivity (Wildman–Crippen MR) is 96.2 cm³/mol. The number of aromatic hydroxyl groups is 1. The Morgan fingerprint density at radius 2 is 1.83 bits per heavy atom. The van der Waals surface area contributed by atoms with Crippen LogP contribution in [0.15, 0.2) is 53.7 Å². The van der Waals surface area contributed by atoms with Crippen molar-refractivity contribution in [3.63, 3.8) is 0 Å². The Hall–Kier alpha value is -2.49. The molecule has 0 saturated carbocycles. The molecule has 0 bridgehead atoms. The molecule has 0 spiro atoms. The monoisotopic (exact) mass is 327 g/mol. The van der Waals surface area contributed by atoms with Gasteiger partial charge in [0.05, 0.1) is 12.3 Å². The van der Waals surface area contributed by atoms with E-state index in [1.54, 1.807) is 18.2 Å². The van der Waals surface area contributed by atoms with Gasteiger partial charge in [-0.05, 0) is 24.1 Å². The highest BCUT2D eigenvalue weighted by Gasteiger charge is 2.12. The Bertz CT molecular complexity index is 653. The number of phenolic OH excluding ortho intramolecular Hbond substituents is 1. The van der Waals surface area contributed by atoms with Gasteiger partial charge in [0.1, 0.15) is 11.5 Å². The molecule has 0 saturated heterocycles. The summed E-state index contributed by atoms with van der Waals surface area (Å²) in [6, 6.07) is 14.8. The third kappa shape index (κ3) is 5.30. The van der Waals surface area contributed by atoms with Crippen molar-refractivity contribution in [2.45, 2.75) is 39.0 Å². The van der Waals surface area contributed by atoms with E-state index in [0.717, 1.165) is 18.4 Å². The number of ether oxygens (including phenoxy) is 1. The lowest BCUT2D eigenvalue weighted by Crippen LogP contribution is -2.06. The minimum absolute atomic E-state index is 0.0600. The second-order valence-corrected chi connectivity index (χ2v) is 5.80. The van der Waals surface area contributed by atoms with Crippen molar-refractivity contribution < 1.29 is 15.1 Å². The predicted octanol–water partition coefficient (Wildman–Crippen LogP) is 4.77. The van der Waals surface area contributed by atoms with Crippen LogP contribution in [0.2, 0.25) is 0 Å². The SMILES string of the molecule is CCCCCCOc1ccc(C(Cc2ccccc2)=NO)c(O)c1. The Kier molecular flexibility index (Phi) is 7.15. The van der Waals surface area contributed by atoms with Crippen LogP contribution >= 0.6 is 0 Å². The van der Waals surface area contributed by atoms with E-state index in [1.165, 1.54) is 12.8 Å². The molecule has 2 rings (SSSR count). The van der Waals surface area contributed by atoms with Gasteiger partial charge in [-0.1, -0.05) is 61.7 Å². The van der Waals surface area contributed by atoms with Crippen LogP contribution in [0, 0.1) is 0 Å². The van der Waals surface area contributed by atoms with Crippen LogP contribution < -0.4 is 4.74 Å².